The first-order valence-electron chi connectivity index (χ1n) is 15.4. The summed E-state index contributed by atoms with van der Waals surface area (Å²) in [7, 11) is 0. The lowest BCUT2D eigenvalue weighted by molar-refractivity contribution is -0.383. The fraction of sp³-hybridized carbons (Fsp3) is 0.235. The lowest BCUT2D eigenvalue weighted by atomic mass is 10.0. The molecule has 1 saturated heterocycles. The van der Waals surface area contributed by atoms with Gasteiger partial charge in [-0.1, -0.05) is 60.7 Å². The average molecular weight is 701 g/mol. The predicted molar refractivity (Wildman–Crippen MR) is 177 cm³/mol. The number of hydrogen-bond donors (Lipinski definition) is 1. The Balaban J connectivity index is 1.15. The molecule has 1 aliphatic heterocycles. The number of ether oxygens (including phenoxy) is 5. The molecule has 0 bridgehead atoms. The Morgan fingerprint density at radius 1 is 0.824 bits per heavy atom. The Morgan fingerprint density at radius 3 is 1.90 bits per heavy atom. The fourth-order valence-corrected chi connectivity index (χ4v) is 5.91. The summed E-state index contributed by atoms with van der Waals surface area (Å²) < 4.78 is 28.4. The van der Waals surface area contributed by atoms with Gasteiger partial charge in [0.05, 0.1) is 20.6 Å². The van der Waals surface area contributed by atoms with Crippen LogP contribution in [-0.4, -0.2) is 50.5 Å². The Hall–Kier alpha value is -6.62. The third-order valence-electron chi connectivity index (χ3n) is 8.27. The molecule has 0 saturated carbocycles. The van der Waals surface area contributed by atoms with Crippen LogP contribution < -0.4 is 11.2 Å². The van der Waals surface area contributed by atoms with Crippen LogP contribution in [0.25, 0.3) is 21.5 Å². The van der Waals surface area contributed by atoms with Crippen LogP contribution in [-0.2, 0) is 36.9 Å². The van der Waals surface area contributed by atoms with Gasteiger partial charge in [0, 0.05) is 41.4 Å². The highest BCUT2D eigenvalue weighted by Gasteiger charge is 2.41. The molecular weight excluding hydrogens is 672 g/mol. The zero-order valence-electron chi connectivity index (χ0n) is 26.7. The van der Waals surface area contributed by atoms with Crippen molar-refractivity contribution in [3.05, 3.63) is 137 Å². The number of aryl methyl sites for hydroxylation is 1. The van der Waals surface area contributed by atoms with Crippen LogP contribution in [0.3, 0.4) is 0 Å². The Morgan fingerprint density at radius 2 is 1.35 bits per heavy atom. The second kappa shape index (κ2) is 14.5. The van der Waals surface area contributed by atoms with E-state index in [1.165, 1.54) is 25.3 Å². The van der Waals surface area contributed by atoms with E-state index >= 15 is 0 Å². The zero-order chi connectivity index (χ0) is 36.2. The summed E-state index contributed by atoms with van der Waals surface area (Å²) in [4.78, 5) is 74.5. The molecule has 4 aromatic carbocycles. The number of aromatic nitrogens is 2. The quantitative estimate of drug-likeness (QED) is 0.111. The number of non-ortho nitro benzene ring substituents is 2. The van der Waals surface area contributed by atoms with Crippen molar-refractivity contribution in [2.45, 2.75) is 45.0 Å². The molecule has 0 aliphatic carbocycles. The van der Waals surface area contributed by atoms with Crippen molar-refractivity contribution in [3.8, 4) is 0 Å². The van der Waals surface area contributed by atoms with E-state index in [1.54, 1.807) is 60.7 Å². The molecule has 2 heterocycles. The molecule has 0 amide bonds. The highest BCUT2D eigenvalue weighted by Crippen LogP contribution is 2.33. The molecule has 262 valence electrons. The van der Waals surface area contributed by atoms with E-state index in [0.29, 0.717) is 27.3 Å². The molecule has 0 unspecified atom stereocenters. The SMILES string of the molecule is Cc1cn([C@H]2C[C@H](OC(=O)OCc3cccc4cccc([N+](=O)[O-])c34)[C@@H](COC(=O)OCc3cccc4cccc([N+](=O)[O-])c34)O2)c(=O)[nH]c1=O. The molecule has 3 atom stereocenters. The zero-order valence-corrected chi connectivity index (χ0v) is 26.7. The number of nitrogens with one attached hydrogen (secondary N) is 1. The number of fused-ring (bicyclic) bond motifs is 2. The number of nitro groups is 2. The van der Waals surface area contributed by atoms with Gasteiger partial charge in [0.2, 0.25) is 0 Å². The highest BCUT2D eigenvalue weighted by molar-refractivity contribution is 5.94. The van der Waals surface area contributed by atoms with Crippen LogP contribution >= 0.6 is 0 Å². The number of aromatic amines is 1. The van der Waals surface area contributed by atoms with Gasteiger partial charge < -0.3 is 23.7 Å². The normalized spacial score (nSPS) is 16.8. The van der Waals surface area contributed by atoms with Crippen molar-refractivity contribution in [1.82, 2.24) is 9.55 Å². The summed E-state index contributed by atoms with van der Waals surface area (Å²) in [5, 5.41) is 25.0. The summed E-state index contributed by atoms with van der Waals surface area (Å²) in [6.07, 6.45) is -4.53. The van der Waals surface area contributed by atoms with Gasteiger partial charge in [0.15, 0.2) is 0 Å². The van der Waals surface area contributed by atoms with Crippen molar-refractivity contribution in [2.24, 2.45) is 0 Å². The van der Waals surface area contributed by atoms with E-state index in [0.717, 1.165) is 4.57 Å². The molecule has 17 heteroatoms. The van der Waals surface area contributed by atoms with Crippen LogP contribution in [0.2, 0.25) is 0 Å². The monoisotopic (exact) mass is 700 g/mol. The van der Waals surface area contributed by atoms with Crippen LogP contribution in [0.15, 0.2) is 88.6 Å². The number of nitro benzene ring substituents is 2. The van der Waals surface area contributed by atoms with Gasteiger partial charge in [-0.25, -0.2) is 14.4 Å². The van der Waals surface area contributed by atoms with E-state index in [2.05, 4.69) is 4.98 Å². The van der Waals surface area contributed by atoms with Crippen molar-refractivity contribution >= 4 is 45.2 Å². The topological polar surface area (TPSA) is 221 Å². The summed E-state index contributed by atoms with van der Waals surface area (Å²) in [5.41, 5.74) is -0.802. The van der Waals surface area contributed by atoms with Crippen LogP contribution in [0, 0.1) is 27.2 Å². The molecule has 0 radical (unpaired) electrons. The maximum absolute atomic E-state index is 12.9. The molecule has 6 rings (SSSR count). The van der Waals surface area contributed by atoms with Gasteiger partial charge in [-0.15, -0.1) is 0 Å². The van der Waals surface area contributed by atoms with Crippen LogP contribution in [0.1, 0.15) is 29.3 Å². The number of rotatable bonds is 10. The lowest BCUT2D eigenvalue weighted by Crippen LogP contribution is -2.33. The molecule has 0 spiro atoms. The largest absolute Gasteiger partial charge is 0.508 e. The molecule has 1 fully saturated rings. The maximum Gasteiger partial charge on any atom is 0.508 e. The number of hydrogen-bond acceptors (Lipinski definition) is 13. The van der Waals surface area contributed by atoms with Gasteiger partial charge in [-0.2, -0.15) is 0 Å². The molecular formula is C34H28N4O13. The second-order valence-electron chi connectivity index (χ2n) is 11.5. The number of H-pyrrole nitrogens is 1. The smallest absolute Gasteiger partial charge is 0.431 e. The maximum atomic E-state index is 12.9. The van der Waals surface area contributed by atoms with E-state index in [9.17, 15) is 39.4 Å². The minimum Gasteiger partial charge on any atom is -0.431 e. The highest BCUT2D eigenvalue weighted by atomic mass is 16.7. The number of carbonyl (C=O) groups is 2. The van der Waals surface area contributed by atoms with Crippen molar-refractivity contribution in [3.63, 3.8) is 0 Å². The lowest BCUT2D eigenvalue weighted by Gasteiger charge is -2.18. The first-order chi connectivity index (χ1) is 24.5. The minimum absolute atomic E-state index is 0.122. The Labute approximate surface area is 286 Å². The molecule has 1 aromatic heterocycles. The number of benzene rings is 4. The first kappa shape index (κ1) is 34.3. The molecule has 1 N–H and O–H groups in total. The molecule has 1 aliphatic rings. The average Bonchev–Trinajstić information content (AvgIpc) is 3.51. The Bertz CT molecular complexity index is 2290. The summed E-state index contributed by atoms with van der Waals surface area (Å²) in [6.45, 7) is 0.222. The Kier molecular flexibility index (Phi) is 9.72. The first-order valence-corrected chi connectivity index (χ1v) is 15.4. The van der Waals surface area contributed by atoms with Crippen molar-refractivity contribution in [1.29, 1.82) is 0 Å². The predicted octanol–water partition coefficient (Wildman–Crippen LogP) is 5.33. The number of nitrogens with zero attached hydrogens (tertiary/aromatic N) is 3. The summed E-state index contributed by atoms with van der Waals surface area (Å²) >= 11 is 0. The molecule has 51 heavy (non-hydrogen) atoms. The van der Waals surface area contributed by atoms with Gasteiger partial charge in [-0.3, -0.25) is 34.6 Å². The van der Waals surface area contributed by atoms with E-state index < -0.39 is 58.4 Å². The molecule has 5 aromatic rings. The molecule has 17 nitrogen and oxygen atoms in total. The summed E-state index contributed by atoms with van der Waals surface area (Å²) in [6, 6.07) is 18.9. The van der Waals surface area contributed by atoms with Crippen LogP contribution in [0.5, 0.6) is 0 Å². The minimum atomic E-state index is -1.17. The summed E-state index contributed by atoms with van der Waals surface area (Å²) in [5.74, 6) is 0. The van der Waals surface area contributed by atoms with E-state index in [-0.39, 0.29) is 42.0 Å². The fourth-order valence-electron chi connectivity index (χ4n) is 5.91. The van der Waals surface area contributed by atoms with Gasteiger partial charge >= 0.3 is 18.0 Å². The number of carbonyl (C=O) groups excluding carboxylic acids is 2. The van der Waals surface area contributed by atoms with E-state index in [4.69, 9.17) is 23.7 Å². The third-order valence-corrected chi connectivity index (χ3v) is 8.27. The standard InChI is InChI=1S/C34H28N4O13/c1-19-15-36(32(40)35-31(19)39)28-14-26(51-34(42)48-17-23-11-3-7-21-9-5-13-25(30(21)23)38(45)46)27(50-28)18-49-33(41)47-16-22-10-2-6-20-8-4-12-24(29(20)22)37(43)44/h2-13,15,26-28H,14,16-18H2,1H3,(H,35,39,40)/t26-,27+,28+/m0/s1. The van der Waals surface area contributed by atoms with Gasteiger partial charge in [0.25, 0.3) is 16.9 Å². The van der Waals surface area contributed by atoms with Gasteiger partial charge in [-0.05, 0) is 17.7 Å². The van der Waals surface area contributed by atoms with Crippen molar-refractivity contribution in [2.75, 3.05) is 6.61 Å². The second-order valence-corrected chi connectivity index (χ2v) is 11.5. The third kappa shape index (κ3) is 7.37. The van der Waals surface area contributed by atoms with Gasteiger partial charge in [0.1, 0.15) is 38.3 Å². The van der Waals surface area contributed by atoms with E-state index in [1.807, 2.05) is 0 Å². The van der Waals surface area contributed by atoms with Crippen molar-refractivity contribution < 1.29 is 43.1 Å². The van der Waals surface area contributed by atoms with Crippen LogP contribution in [0.4, 0.5) is 21.0 Å².